The first-order valence-electron chi connectivity index (χ1n) is 7.18. The first kappa shape index (κ1) is 18.0. The van der Waals surface area contributed by atoms with Crippen LogP contribution in [0.15, 0.2) is 59.5 Å². The van der Waals surface area contributed by atoms with Gasteiger partial charge in [0.2, 0.25) is 0 Å². The minimum atomic E-state index is -3.82. The molecule has 0 saturated carbocycles. The molecule has 2 aromatic carbocycles. The summed E-state index contributed by atoms with van der Waals surface area (Å²) < 4.78 is 34.3. The Morgan fingerprint density at radius 2 is 1.71 bits per heavy atom. The number of hydrogen-bond acceptors (Lipinski definition) is 6. The lowest BCUT2D eigenvalue weighted by Gasteiger charge is -2.11. The highest BCUT2D eigenvalue weighted by molar-refractivity contribution is 7.91. The fraction of sp³-hybridized carbons (Fsp3) is 0.235. The fourth-order valence-electron chi connectivity index (χ4n) is 1.98. The van der Waals surface area contributed by atoms with Crippen LogP contribution in [0.2, 0.25) is 0 Å². The molecule has 0 radical (unpaired) electrons. The maximum atomic E-state index is 12.2. The molecule has 6 nitrogen and oxygen atoms in total. The Bertz CT molecular complexity index is 768. The lowest BCUT2D eigenvalue weighted by Crippen LogP contribution is -2.30. The van der Waals surface area contributed by atoms with Crippen LogP contribution in [0.5, 0.6) is 5.75 Å². The van der Waals surface area contributed by atoms with E-state index in [0.717, 1.165) is 5.56 Å². The summed E-state index contributed by atoms with van der Waals surface area (Å²) in [5, 5.41) is 9.82. The van der Waals surface area contributed by atoms with Crippen LogP contribution in [0.3, 0.4) is 0 Å². The molecule has 0 saturated heterocycles. The highest BCUT2D eigenvalue weighted by atomic mass is 32.2. The zero-order chi connectivity index (χ0) is 17.6. The van der Waals surface area contributed by atoms with Crippen molar-refractivity contribution in [3.8, 4) is 5.75 Å². The van der Waals surface area contributed by atoms with Gasteiger partial charge in [0.05, 0.1) is 17.8 Å². The van der Waals surface area contributed by atoms with Gasteiger partial charge in [-0.3, -0.25) is 0 Å². The van der Waals surface area contributed by atoms with Crippen LogP contribution in [0.4, 0.5) is 0 Å². The van der Waals surface area contributed by atoms with E-state index in [1.54, 1.807) is 24.3 Å². The van der Waals surface area contributed by atoms with Gasteiger partial charge in [-0.1, -0.05) is 30.3 Å². The normalized spacial score (nSPS) is 12.4. The van der Waals surface area contributed by atoms with Gasteiger partial charge >= 0.3 is 5.97 Å². The van der Waals surface area contributed by atoms with Gasteiger partial charge in [0.15, 0.2) is 15.9 Å². The lowest BCUT2D eigenvalue weighted by molar-refractivity contribution is -0.153. The first-order valence-corrected chi connectivity index (χ1v) is 8.83. The summed E-state index contributed by atoms with van der Waals surface area (Å²) in [6.45, 7) is -0.0285. The summed E-state index contributed by atoms with van der Waals surface area (Å²) in [5.41, 5.74) is 0.746. The van der Waals surface area contributed by atoms with E-state index in [1.165, 1.54) is 31.4 Å². The molecule has 24 heavy (non-hydrogen) atoms. The monoisotopic (exact) mass is 350 g/mol. The van der Waals surface area contributed by atoms with Crippen molar-refractivity contribution in [1.29, 1.82) is 0 Å². The van der Waals surface area contributed by atoms with Gasteiger partial charge in [-0.2, -0.15) is 0 Å². The maximum Gasteiger partial charge on any atom is 0.336 e. The molecule has 0 aliphatic carbocycles. The Morgan fingerprint density at radius 1 is 1.08 bits per heavy atom. The van der Waals surface area contributed by atoms with E-state index in [9.17, 15) is 18.3 Å². The number of hydrogen-bond donors (Lipinski definition) is 1. The largest absolute Gasteiger partial charge is 0.497 e. The molecule has 2 aromatic rings. The van der Waals surface area contributed by atoms with Crippen molar-refractivity contribution in [2.75, 3.05) is 12.9 Å². The zero-order valence-electron chi connectivity index (χ0n) is 13.1. The number of carbonyl (C=O) groups excluding carboxylic acids is 1. The molecule has 1 N–H and O–H groups in total. The molecule has 1 atom stereocenters. The average molecular weight is 350 g/mol. The maximum absolute atomic E-state index is 12.2. The number of esters is 1. The van der Waals surface area contributed by atoms with Gasteiger partial charge in [-0.05, 0) is 29.8 Å². The number of rotatable bonds is 7. The van der Waals surface area contributed by atoms with E-state index < -0.39 is 27.7 Å². The van der Waals surface area contributed by atoms with Crippen LogP contribution in [0.25, 0.3) is 0 Å². The van der Waals surface area contributed by atoms with Gasteiger partial charge in [-0.25, -0.2) is 13.2 Å². The summed E-state index contributed by atoms with van der Waals surface area (Å²) in [6.07, 6.45) is -1.75. The molecule has 0 aromatic heterocycles. The van der Waals surface area contributed by atoms with Crippen LogP contribution >= 0.6 is 0 Å². The van der Waals surface area contributed by atoms with Gasteiger partial charge in [0.1, 0.15) is 12.4 Å². The Morgan fingerprint density at radius 3 is 2.29 bits per heavy atom. The Hall–Kier alpha value is -2.38. The second-order valence-electron chi connectivity index (χ2n) is 5.07. The molecule has 128 valence electrons. The SMILES string of the molecule is COc1ccc(S(=O)(=O)C[C@@H](O)C(=O)OCc2ccccc2)cc1. The highest BCUT2D eigenvalue weighted by Crippen LogP contribution is 2.17. The Kier molecular flexibility index (Phi) is 5.94. The number of methoxy groups -OCH3 is 1. The van der Waals surface area contributed by atoms with Gasteiger partial charge in [-0.15, -0.1) is 0 Å². The molecule has 0 spiro atoms. The van der Waals surface area contributed by atoms with Crippen molar-refractivity contribution in [3.63, 3.8) is 0 Å². The third kappa shape index (κ3) is 4.81. The number of carbonyl (C=O) groups is 1. The van der Waals surface area contributed by atoms with Crippen molar-refractivity contribution in [2.45, 2.75) is 17.6 Å². The summed E-state index contributed by atoms with van der Waals surface area (Å²) in [6, 6.07) is 14.6. The van der Waals surface area contributed by atoms with Crippen LogP contribution in [0, 0.1) is 0 Å². The molecule has 0 aliphatic rings. The number of aliphatic hydroxyl groups excluding tert-OH is 1. The summed E-state index contributed by atoms with van der Waals surface area (Å²) in [4.78, 5) is 11.8. The summed E-state index contributed by atoms with van der Waals surface area (Å²) in [5.74, 6) is -1.21. The van der Waals surface area contributed by atoms with E-state index in [0.29, 0.717) is 5.75 Å². The molecule has 0 unspecified atom stereocenters. The summed E-state index contributed by atoms with van der Waals surface area (Å²) >= 11 is 0. The average Bonchev–Trinajstić information content (AvgIpc) is 2.60. The molecule has 7 heteroatoms. The highest BCUT2D eigenvalue weighted by Gasteiger charge is 2.26. The fourth-order valence-corrected chi connectivity index (χ4v) is 3.28. The van der Waals surface area contributed by atoms with Crippen LogP contribution in [-0.2, 0) is 26.0 Å². The second-order valence-corrected chi connectivity index (χ2v) is 7.10. The van der Waals surface area contributed by atoms with E-state index in [-0.39, 0.29) is 11.5 Å². The van der Waals surface area contributed by atoms with Crippen molar-refractivity contribution in [1.82, 2.24) is 0 Å². The van der Waals surface area contributed by atoms with E-state index in [2.05, 4.69) is 0 Å². The third-order valence-electron chi connectivity index (χ3n) is 3.29. The van der Waals surface area contributed by atoms with Crippen LogP contribution < -0.4 is 4.74 Å². The number of benzene rings is 2. The van der Waals surface area contributed by atoms with Crippen molar-refractivity contribution in [3.05, 3.63) is 60.2 Å². The molecular weight excluding hydrogens is 332 g/mol. The first-order chi connectivity index (χ1) is 11.4. The van der Waals surface area contributed by atoms with Crippen molar-refractivity contribution in [2.24, 2.45) is 0 Å². The van der Waals surface area contributed by atoms with E-state index in [1.807, 2.05) is 6.07 Å². The van der Waals surface area contributed by atoms with E-state index in [4.69, 9.17) is 9.47 Å². The van der Waals surface area contributed by atoms with Crippen LogP contribution in [0.1, 0.15) is 5.56 Å². The molecule has 0 bridgehead atoms. The van der Waals surface area contributed by atoms with E-state index >= 15 is 0 Å². The molecule has 0 amide bonds. The Labute approximate surface area is 140 Å². The molecule has 2 rings (SSSR count). The van der Waals surface area contributed by atoms with Gasteiger partial charge in [0, 0.05) is 0 Å². The zero-order valence-corrected chi connectivity index (χ0v) is 13.9. The Balaban J connectivity index is 1.96. The molecule has 0 heterocycles. The predicted molar refractivity (Wildman–Crippen MR) is 87.3 cm³/mol. The predicted octanol–water partition coefficient (Wildman–Crippen LogP) is 1.57. The minimum absolute atomic E-state index is 0.00166. The van der Waals surface area contributed by atoms with Crippen molar-refractivity contribution >= 4 is 15.8 Å². The second kappa shape index (κ2) is 7.94. The number of sulfone groups is 1. The minimum Gasteiger partial charge on any atom is -0.497 e. The molecule has 0 aliphatic heterocycles. The summed E-state index contributed by atoms with van der Waals surface area (Å²) in [7, 11) is -2.35. The third-order valence-corrected chi connectivity index (χ3v) is 5.04. The van der Waals surface area contributed by atoms with Crippen molar-refractivity contribution < 1.29 is 27.8 Å². The smallest absolute Gasteiger partial charge is 0.336 e. The number of ether oxygens (including phenoxy) is 2. The van der Waals surface area contributed by atoms with Gasteiger partial charge in [0.25, 0.3) is 0 Å². The molecule has 0 fully saturated rings. The van der Waals surface area contributed by atoms with Crippen LogP contribution in [-0.4, -0.2) is 38.5 Å². The lowest BCUT2D eigenvalue weighted by atomic mass is 10.2. The topological polar surface area (TPSA) is 89.9 Å². The quantitative estimate of drug-likeness (QED) is 0.763. The van der Waals surface area contributed by atoms with Gasteiger partial charge < -0.3 is 14.6 Å². The number of aliphatic hydroxyl groups is 1. The standard InChI is InChI=1S/C17H18O6S/c1-22-14-7-9-15(10-8-14)24(20,21)12-16(18)17(19)23-11-13-5-3-2-4-6-13/h2-10,16,18H,11-12H2,1H3/t16-/m1/s1. The molecular formula is C17H18O6S.